The van der Waals surface area contributed by atoms with Crippen LogP contribution in [-0.4, -0.2) is 5.91 Å². The number of benzene rings is 2. The zero-order chi connectivity index (χ0) is 14.3. The number of carbonyl (C=O) groups is 1. The van der Waals surface area contributed by atoms with Gasteiger partial charge in [0.05, 0.1) is 11.2 Å². The summed E-state index contributed by atoms with van der Waals surface area (Å²) in [6.07, 6.45) is 0.410. The van der Waals surface area contributed by atoms with Gasteiger partial charge in [-0.2, -0.15) is 0 Å². The van der Waals surface area contributed by atoms with Gasteiger partial charge in [-0.1, -0.05) is 50.1 Å². The number of amides is 1. The Labute approximate surface area is 132 Å². The Morgan fingerprint density at radius 1 is 1.20 bits per heavy atom. The highest BCUT2D eigenvalue weighted by Gasteiger charge is 2.20. The van der Waals surface area contributed by atoms with Crippen LogP contribution in [-0.2, 0) is 11.2 Å². The second kappa shape index (κ2) is 5.30. The summed E-state index contributed by atoms with van der Waals surface area (Å²) < 4.78 is 13.9. The minimum atomic E-state index is -0.274. The van der Waals surface area contributed by atoms with Crippen LogP contribution in [0.4, 0.5) is 10.1 Å². The van der Waals surface area contributed by atoms with Crippen molar-refractivity contribution < 1.29 is 9.18 Å². The maximum absolute atomic E-state index is 13.1. The molecule has 20 heavy (non-hydrogen) atoms. The van der Waals surface area contributed by atoms with E-state index in [1.54, 1.807) is 6.07 Å². The van der Waals surface area contributed by atoms with Crippen LogP contribution in [0.25, 0.3) is 0 Å². The maximum Gasteiger partial charge on any atom is 0.228 e. The molecule has 1 amide bonds. The van der Waals surface area contributed by atoms with Gasteiger partial charge in [0.2, 0.25) is 5.91 Å². The van der Waals surface area contributed by atoms with Crippen LogP contribution in [0.5, 0.6) is 0 Å². The molecule has 5 heteroatoms. The number of fused-ring (bicyclic) bond motifs is 1. The molecule has 1 atom stereocenters. The summed E-state index contributed by atoms with van der Waals surface area (Å²) in [7, 11) is 0. The zero-order valence-corrected chi connectivity index (χ0v) is 13.5. The Morgan fingerprint density at radius 2 is 2.00 bits per heavy atom. The quantitative estimate of drug-likeness (QED) is 0.737. The lowest BCUT2D eigenvalue weighted by Crippen LogP contribution is -2.03. The Bertz CT molecular complexity index is 702. The predicted molar refractivity (Wildman–Crippen MR) is 83.6 cm³/mol. The van der Waals surface area contributed by atoms with Crippen LogP contribution in [0, 0.1) is 5.82 Å². The molecule has 1 aliphatic heterocycles. The molecule has 2 nitrogen and oxygen atoms in total. The number of halogens is 3. The molecular formula is C15H10Br2FNO. The highest BCUT2D eigenvalue weighted by molar-refractivity contribution is 9.11. The number of rotatable bonds is 2. The average molecular weight is 399 g/mol. The summed E-state index contributed by atoms with van der Waals surface area (Å²) in [6.45, 7) is 0. The van der Waals surface area contributed by atoms with Crippen molar-refractivity contribution in [2.24, 2.45) is 0 Å². The molecule has 0 radical (unpaired) electrons. The number of alkyl halides is 1. The first kappa shape index (κ1) is 13.8. The first-order chi connectivity index (χ1) is 9.54. The molecule has 0 saturated carbocycles. The molecule has 1 N–H and O–H groups in total. The van der Waals surface area contributed by atoms with E-state index in [0.717, 1.165) is 22.4 Å². The third-order valence-corrected chi connectivity index (χ3v) is 4.99. The lowest BCUT2D eigenvalue weighted by molar-refractivity contribution is -0.115. The molecular weight excluding hydrogens is 389 g/mol. The van der Waals surface area contributed by atoms with E-state index in [1.165, 1.54) is 12.1 Å². The van der Waals surface area contributed by atoms with E-state index in [1.807, 2.05) is 18.2 Å². The van der Waals surface area contributed by atoms with Crippen LogP contribution in [0.15, 0.2) is 40.9 Å². The molecule has 1 heterocycles. The molecule has 3 rings (SSSR count). The van der Waals surface area contributed by atoms with E-state index in [4.69, 9.17) is 0 Å². The Kier molecular flexibility index (Phi) is 3.65. The summed E-state index contributed by atoms with van der Waals surface area (Å²) >= 11 is 7.02. The van der Waals surface area contributed by atoms with E-state index in [9.17, 15) is 9.18 Å². The van der Waals surface area contributed by atoms with E-state index in [0.29, 0.717) is 10.9 Å². The summed E-state index contributed by atoms with van der Waals surface area (Å²) in [5.74, 6) is -0.254. The summed E-state index contributed by atoms with van der Waals surface area (Å²) in [6, 6.07) is 10.5. The molecule has 0 spiro atoms. The van der Waals surface area contributed by atoms with E-state index in [2.05, 4.69) is 37.2 Å². The lowest BCUT2D eigenvalue weighted by atomic mass is 10.0. The van der Waals surface area contributed by atoms with Gasteiger partial charge in [-0.05, 0) is 34.9 Å². The molecule has 2 aromatic rings. The van der Waals surface area contributed by atoms with E-state index >= 15 is 0 Å². The number of nitrogens with one attached hydrogen (secondary N) is 1. The van der Waals surface area contributed by atoms with Crippen molar-refractivity contribution in [2.75, 3.05) is 5.32 Å². The molecule has 0 aliphatic carbocycles. The molecule has 2 aromatic carbocycles. The zero-order valence-electron chi connectivity index (χ0n) is 10.3. The van der Waals surface area contributed by atoms with Gasteiger partial charge in [-0.15, -0.1) is 0 Å². The van der Waals surface area contributed by atoms with Crippen molar-refractivity contribution in [3.63, 3.8) is 0 Å². The largest absolute Gasteiger partial charge is 0.326 e. The topological polar surface area (TPSA) is 29.1 Å². The number of anilines is 1. The van der Waals surface area contributed by atoms with Crippen molar-refractivity contribution in [3.05, 3.63) is 63.4 Å². The van der Waals surface area contributed by atoms with Gasteiger partial charge in [0.25, 0.3) is 0 Å². The average Bonchev–Trinajstić information content (AvgIpc) is 2.77. The van der Waals surface area contributed by atoms with Gasteiger partial charge in [-0.25, -0.2) is 4.39 Å². The number of carbonyl (C=O) groups excluding carboxylic acids is 1. The smallest absolute Gasteiger partial charge is 0.228 e. The van der Waals surface area contributed by atoms with Gasteiger partial charge >= 0.3 is 0 Å². The lowest BCUT2D eigenvalue weighted by Gasteiger charge is -2.14. The molecule has 0 aromatic heterocycles. The molecule has 1 unspecified atom stereocenters. The normalized spacial score (nSPS) is 14.8. The van der Waals surface area contributed by atoms with E-state index in [-0.39, 0.29) is 16.6 Å². The van der Waals surface area contributed by atoms with Gasteiger partial charge in [0, 0.05) is 10.2 Å². The van der Waals surface area contributed by atoms with Crippen LogP contribution in [0.2, 0.25) is 0 Å². The van der Waals surface area contributed by atoms with Crippen molar-refractivity contribution in [3.8, 4) is 0 Å². The van der Waals surface area contributed by atoms with Crippen LogP contribution in [0.3, 0.4) is 0 Å². The fourth-order valence-corrected chi connectivity index (χ4v) is 3.86. The van der Waals surface area contributed by atoms with Gasteiger partial charge in [0.15, 0.2) is 0 Å². The summed E-state index contributed by atoms with van der Waals surface area (Å²) in [5, 5.41) is 2.81. The maximum atomic E-state index is 13.1. The summed E-state index contributed by atoms with van der Waals surface area (Å²) in [4.78, 5) is 11.3. The van der Waals surface area contributed by atoms with Crippen molar-refractivity contribution >= 4 is 43.5 Å². The number of hydrogen-bond donors (Lipinski definition) is 1. The predicted octanol–water partition coefficient (Wildman–Crippen LogP) is 4.57. The van der Waals surface area contributed by atoms with E-state index < -0.39 is 0 Å². The van der Waals surface area contributed by atoms with Crippen LogP contribution < -0.4 is 5.32 Å². The molecule has 0 fully saturated rings. The third-order valence-electron chi connectivity index (χ3n) is 3.28. The second-order valence-corrected chi connectivity index (χ2v) is 6.44. The molecule has 1 aliphatic rings. The standard InChI is InChI=1S/C15H10Br2FNO/c16-12-7-10(18)2-3-11(12)15(17)8-1-4-13-9(5-8)6-14(20)19-13/h1-5,7,15H,6H2,(H,19,20). The molecule has 0 saturated heterocycles. The van der Waals surface area contributed by atoms with Crippen molar-refractivity contribution in [2.45, 2.75) is 11.2 Å². The van der Waals surface area contributed by atoms with Gasteiger partial charge in [0.1, 0.15) is 5.82 Å². The Hall–Kier alpha value is -1.20. The first-order valence-electron chi connectivity index (χ1n) is 6.06. The fourth-order valence-electron chi connectivity index (χ4n) is 2.29. The monoisotopic (exact) mass is 397 g/mol. The SMILES string of the molecule is O=C1Cc2cc(C(Br)c3ccc(F)cc3Br)ccc2N1. The van der Waals surface area contributed by atoms with Gasteiger partial charge in [-0.3, -0.25) is 4.79 Å². The molecule has 0 bridgehead atoms. The Morgan fingerprint density at radius 3 is 2.75 bits per heavy atom. The van der Waals surface area contributed by atoms with Crippen LogP contribution >= 0.6 is 31.9 Å². The van der Waals surface area contributed by atoms with Crippen molar-refractivity contribution in [1.82, 2.24) is 0 Å². The Balaban J connectivity index is 1.97. The van der Waals surface area contributed by atoms with Crippen molar-refractivity contribution in [1.29, 1.82) is 0 Å². The molecule has 102 valence electrons. The van der Waals surface area contributed by atoms with Crippen LogP contribution in [0.1, 0.15) is 21.5 Å². The number of hydrogen-bond acceptors (Lipinski definition) is 1. The van der Waals surface area contributed by atoms with Gasteiger partial charge < -0.3 is 5.32 Å². The fraction of sp³-hybridized carbons (Fsp3) is 0.133. The minimum Gasteiger partial charge on any atom is -0.326 e. The minimum absolute atomic E-state index is 0.0197. The second-order valence-electron chi connectivity index (χ2n) is 4.67. The first-order valence-corrected chi connectivity index (χ1v) is 7.77. The third kappa shape index (κ3) is 2.52. The highest BCUT2D eigenvalue weighted by atomic mass is 79.9. The highest BCUT2D eigenvalue weighted by Crippen LogP contribution is 2.37. The summed E-state index contributed by atoms with van der Waals surface area (Å²) in [5.41, 5.74) is 3.85.